The predicted octanol–water partition coefficient (Wildman–Crippen LogP) is 3.87. The number of rotatable bonds is 5. The Morgan fingerprint density at radius 1 is 1.50 bits per heavy atom. The molecule has 2 rings (SSSR count). The number of nitrogens with zero attached hydrogens (tertiary/aromatic N) is 2. The molecule has 0 unspecified atom stereocenters. The van der Waals surface area contributed by atoms with E-state index < -0.39 is 0 Å². The highest BCUT2D eigenvalue weighted by molar-refractivity contribution is 6.29. The zero-order chi connectivity index (χ0) is 14.5. The lowest BCUT2D eigenvalue weighted by Crippen LogP contribution is -2.39. The van der Waals surface area contributed by atoms with Gasteiger partial charge >= 0.3 is 0 Å². The van der Waals surface area contributed by atoms with Crippen LogP contribution in [-0.2, 0) is 6.42 Å². The molecule has 0 saturated heterocycles. The Kier molecular flexibility index (Phi) is 5.18. The molecule has 0 atom stereocenters. The average Bonchev–Trinajstić information content (AvgIpc) is 2.97. The molecule has 0 bridgehead atoms. The topological polar surface area (TPSA) is 33.2 Å². The molecule has 1 fully saturated rings. The number of carbonyl (C=O) groups is 1. The molecule has 3 nitrogen and oxygen atoms in total. The Morgan fingerprint density at radius 3 is 2.80 bits per heavy atom. The van der Waals surface area contributed by atoms with Gasteiger partial charge in [0.1, 0.15) is 5.15 Å². The van der Waals surface area contributed by atoms with Crippen molar-refractivity contribution in [3.63, 3.8) is 0 Å². The highest BCUT2D eigenvalue weighted by Gasteiger charge is 2.26. The Balaban J connectivity index is 2.26. The summed E-state index contributed by atoms with van der Waals surface area (Å²) in [5.41, 5.74) is 1.49. The van der Waals surface area contributed by atoms with Crippen LogP contribution in [0.15, 0.2) is 24.8 Å². The van der Waals surface area contributed by atoms with E-state index in [0.717, 1.165) is 25.0 Å². The van der Waals surface area contributed by atoms with Crippen LogP contribution in [-0.4, -0.2) is 28.4 Å². The van der Waals surface area contributed by atoms with Crippen molar-refractivity contribution in [3.8, 4) is 0 Å². The molecule has 1 saturated carbocycles. The number of aromatic nitrogens is 1. The standard InChI is InChI=1S/C16H21ClN2O/c1-3-9-19(14-7-5-6-8-14)16(20)12-10-13(4-2)18-15(17)11-12/h3,10-11,14H,1,4-9H2,2H3. The van der Waals surface area contributed by atoms with Gasteiger partial charge in [-0.3, -0.25) is 4.79 Å². The normalized spacial score (nSPS) is 15.3. The van der Waals surface area contributed by atoms with Crippen molar-refractivity contribution < 1.29 is 4.79 Å². The fourth-order valence-electron chi connectivity index (χ4n) is 2.77. The van der Waals surface area contributed by atoms with Gasteiger partial charge in [0.25, 0.3) is 5.91 Å². The van der Waals surface area contributed by atoms with E-state index in [9.17, 15) is 4.79 Å². The molecule has 0 N–H and O–H groups in total. The smallest absolute Gasteiger partial charge is 0.254 e. The zero-order valence-electron chi connectivity index (χ0n) is 11.9. The van der Waals surface area contributed by atoms with Gasteiger partial charge < -0.3 is 4.90 Å². The zero-order valence-corrected chi connectivity index (χ0v) is 12.7. The van der Waals surface area contributed by atoms with Crippen molar-refractivity contribution >= 4 is 17.5 Å². The molecule has 0 radical (unpaired) electrons. The summed E-state index contributed by atoms with van der Waals surface area (Å²) in [7, 11) is 0. The molecule has 108 valence electrons. The lowest BCUT2D eigenvalue weighted by molar-refractivity contribution is 0.0706. The number of amides is 1. The first-order valence-corrected chi connectivity index (χ1v) is 7.61. The lowest BCUT2D eigenvalue weighted by atomic mass is 10.1. The third-order valence-electron chi connectivity index (χ3n) is 3.81. The SMILES string of the molecule is C=CCN(C(=O)c1cc(Cl)nc(CC)c1)C1CCCC1. The van der Waals surface area contributed by atoms with Crippen LogP contribution in [0.1, 0.15) is 48.7 Å². The van der Waals surface area contributed by atoms with Crippen LogP contribution >= 0.6 is 11.6 Å². The van der Waals surface area contributed by atoms with Gasteiger partial charge in [-0.25, -0.2) is 4.98 Å². The van der Waals surface area contributed by atoms with E-state index >= 15 is 0 Å². The second-order valence-electron chi connectivity index (χ2n) is 5.21. The van der Waals surface area contributed by atoms with Crippen LogP contribution in [0.3, 0.4) is 0 Å². The maximum atomic E-state index is 12.7. The molecule has 1 amide bonds. The highest BCUT2D eigenvalue weighted by atomic mass is 35.5. The summed E-state index contributed by atoms with van der Waals surface area (Å²) in [6.07, 6.45) is 7.12. The molecule has 0 aromatic carbocycles. The van der Waals surface area contributed by atoms with Crippen LogP contribution < -0.4 is 0 Å². The summed E-state index contributed by atoms with van der Waals surface area (Å²) in [6, 6.07) is 3.84. The van der Waals surface area contributed by atoms with E-state index in [-0.39, 0.29) is 5.91 Å². The van der Waals surface area contributed by atoms with Gasteiger partial charge in [-0.1, -0.05) is 37.4 Å². The summed E-state index contributed by atoms with van der Waals surface area (Å²) in [5, 5.41) is 0.387. The minimum atomic E-state index is 0.0378. The number of aryl methyl sites for hydroxylation is 1. The molecule has 1 aliphatic carbocycles. The van der Waals surface area contributed by atoms with Crippen LogP contribution in [0.4, 0.5) is 0 Å². The van der Waals surface area contributed by atoms with Crippen LogP contribution in [0.25, 0.3) is 0 Å². The number of carbonyl (C=O) groups excluding carboxylic acids is 1. The first kappa shape index (κ1) is 15.0. The molecule has 0 aliphatic heterocycles. The van der Waals surface area contributed by atoms with E-state index in [0.29, 0.717) is 23.3 Å². The third kappa shape index (κ3) is 3.40. The third-order valence-corrected chi connectivity index (χ3v) is 4.00. The quantitative estimate of drug-likeness (QED) is 0.610. The average molecular weight is 293 g/mol. The fraction of sp³-hybridized carbons (Fsp3) is 0.500. The predicted molar refractivity (Wildman–Crippen MR) is 82.1 cm³/mol. The van der Waals surface area contributed by atoms with Gasteiger partial charge in [-0.2, -0.15) is 0 Å². The van der Waals surface area contributed by atoms with Gasteiger partial charge in [0.2, 0.25) is 0 Å². The van der Waals surface area contributed by atoms with Gasteiger partial charge in [0.15, 0.2) is 0 Å². The summed E-state index contributed by atoms with van der Waals surface area (Å²) < 4.78 is 0. The minimum absolute atomic E-state index is 0.0378. The Labute approximate surface area is 125 Å². The number of hydrogen-bond acceptors (Lipinski definition) is 2. The Hall–Kier alpha value is -1.35. The summed E-state index contributed by atoms with van der Waals surface area (Å²) in [6.45, 7) is 6.36. The van der Waals surface area contributed by atoms with Crippen LogP contribution in [0.2, 0.25) is 5.15 Å². The van der Waals surface area contributed by atoms with E-state index in [2.05, 4.69) is 11.6 Å². The molecule has 1 aliphatic rings. The van der Waals surface area contributed by atoms with Crippen molar-refractivity contribution in [3.05, 3.63) is 41.2 Å². The Morgan fingerprint density at radius 2 is 2.20 bits per heavy atom. The fourth-order valence-corrected chi connectivity index (χ4v) is 3.00. The number of pyridine rings is 1. The maximum Gasteiger partial charge on any atom is 0.254 e. The molecular formula is C16H21ClN2O. The van der Waals surface area contributed by atoms with Crippen molar-refractivity contribution in [2.45, 2.75) is 45.1 Å². The van der Waals surface area contributed by atoms with Crippen molar-refractivity contribution in [1.29, 1.82) is 0 Å². The van der Waals surface area contributed by atoms with Crippen molar-refractivity contribution in [1.82, 2.24) is 9.88 Å². The van der Waals surface area contributed by atoms with E-state index in [4.69, 9.17) is 11.6 Å². The second-order valence-corrected chi connectivity index (χ2v) is 5.60. The second kappa shape index (κ2) is 6.89. The van der Waals surface area contributed by atoms with E-state index in [1.54, 1.807) is 12.1 Å². The monoisotopic (exact) mass is 292 g/mol. The lowest BCUT2D eigenvalue weighted by Gasteiger charge is -2.28. The van der Waals surface area contributed by atoms with E-state index in [1.165, 1.54) is 12.8 Å². The first-order chi connectivity index (χ1) is 9.65. The molecule has 1 heterocycles. The first-order valence-electron chi connectivity index (χ1n) is 7.24. The largest absolute Gasteiger partial charge is 0.332 e. The molecule has 1 aromatic heterocycles. The van der Waals surface area contributed by atoms with Crippen molar-refractivity contribution in [2.75, 3.05) is 6.54 Å². The number of hydrogen-bond donors (Lipinski definition) is 0. The Bertz CT molecular complexity index is 495. The summed E-state index contributed by atoms with van der Waals surface area (Å²) in [4.78, 5) is 18.9. The molecule has 4 heteroatoms. The van der Waals surface area contributed by atoms with Gasteiger partial charge in [-0.05, 0) is 31.4 Å². The minimum Gasteiger partial charge on any atom is -0.332 e. The summed E-state index contributed by atoms with van der Waals surface area (Å²) >= 11 is 6.01. The molecule has 1 aromatic rings. The van der Waals surface area contributed by atoms with Gasteiger partial charge in [0, 0.05) is 23.8 Å². The molecular weight excluding hydrogens is 272 g/mol. The maximum absolute atomic E-state index is 12.7. The molecule has 0 spiro atoms. The van der Waals surface area contributed by atoms with Crippen LogP contribution in [0.5, 0.6) is 0 Å². The highest BCUT2D eigenvalue weighted by Crippen LogP contribution is 2.25. The van der Waals surface area contributed by atoms with Crippen molar-refractivity contribution in [2.24, 2.45) is 0 Å². The van der Waals surface area contributed by atoms with Gasteiger partial charge in [0.05, 0.1) is 0 Å². The van der Waals surface area contributed by atoms with Gasteiger partial charge in [-0.15, -0.1) is 6.58 Å². The van der Waals surface area contributed by atoms with E-state index in [1.807, 2.05) is 17.9 Å². The number of halogens is 1. The molecule has 20 heavy (non-hydrogen) atoms. The van der Waals surface area contributed by atoms with Crippen LogP contribution in [0, 0.1) is 0 Å². The summed E-state index contributed by atoms with van der Waals surface area (Å²) in [5.74, 6) is 0.0378.